The second-order valence-corrected chi connectivity index (χ2v) is 4.46. The number of rotatable bonds is 4. The van der Waals surface area contributed by atoms with Crippen molar-refractivity contribution in [1.29, 1.82) is 0 Å². The summed E-state index contributed by atoms with van der Waals surface area (Å²) in [5.41, 5.74) is 1.43. The minimum Gasteiger partial charge on any atom is -0.373 e. The van der Waals surface area contributed by atoms with Crippen LogP contribution in [0.3, 0.4) is 0 Å². The summed E-state index contributed by atoms with van der Waals surface area (Å²) >= 11 is 0. The molecule has 3 N–H and O–H groups in total. The van der Waals surface area contributed by atoms with Crippen LogP contribution in [0.15, 0.2) is 24.5 Å². The van der Waals surface area contributed by atoms with Crippen molar-refractivity contribution in [1.82, 2.24) is 15.0 Å². The minimum absolute atomic E-state index is 0.212. The van der Waals surface area contributed by atoms with Crippen molar-refractivity contribution in [2.45, 2.75) is 19.8 Å². The molecule has 2 heterocycles. The Morgan fingerprint density at radius 3 is 2.74 bits per heavy atom. The van der Waals surface area contributed by atoms with Gasteiger partial charge in [-0.25, -0.2) is 9.97 Å². The van der Waals surface area contributed by atoms with Gasteiger partial charge in [0.2, 0.25) is 5.95 Å². The second-order valence-electron chi connectivity index (χ2n) is 4.46. The van der Waals surface area contributed by atoms with E-state index < -0.39 is 0 Å². The lowest BCUT2D eigenvalue weighted by atomic mass is 10.1. The Balaban J connectivity index is 2.27. The lowest BCUT2D eigenvalue weighted by Crippen LogP contribution is -2.14. The molecule has 0 saturated heterocycles. The quantitative estimate of drug-likeness (QED) is 0.786. The number of H-pyrrole nitrogens is 1. The molecule has 100 valence electrons. The molecule has 6 heteroatoms. The molecule has 1 amide bonds. The molecule has 0 aromatic carbocycles. The standard InChI is InChI=1S/C13H17N5O/c1-8(2)10-6-9(7-11(14-3)17-10)12(19)18-13-15-4-5-16-13/h4-8H,1-3H3,(H,14,17)(H2,15,16,18,19). The van der Waals surface area contributed by atoms with E-state index in [0.29, 0.717) is 17.3 Å². The number of imidazole rings is 1. The maximum atomic E-state index is 12.1. The summed E-state index contributed by atoms with van der Waals surface area (Å²) in [6.07, 6.45) is 3.24. The van der Waals surface area contributed by atoms with E-state index in [-0.39, 0.29) is 11.8 Å². The van der Waals surface area contributed by atoms with Crippen molar-refractivity contribution in [3.63, 3.8) is 0 Å². The molecule has 2 rings (SSSR count). The Morgan fingerprint density at radius 2 is 2.16 bits per heavy atom. The zero-order valence-electron chi connectivity index (χ0n) is 11.2. The Hall–Kier alpha value is -2.37. The number of aromatic amines is 1. The monoisotopic (exact) mass is 259 g/mol. The highest BCUT2D eigenvalue weighted by atomic mass is 16.1. The topological polar surface area (TPSA) is 82.7 Å². The first kappa shape index (κ1) is 13.1. The minimum atomic E-state index is -0.212. The third-order valence-electron chi connectivity index (χ3n) is 2.69. The van der Waals surface area contributed by atoms with Crippen LogP contribution >= 0.6 is 0 Å². The summed E-state index contributed by atoms with van der Waals surface area (Å²) in [4.78, 5) is 23.3. The van der Waals surface area contributed by atoms with Gasteiger partial charge in [-0.1, -0.05) is 13.8 Å². The average Bonchev–Trinajstić information content (AvgIpc) is 2.90. The van der Waals surface area contributed by atoms with E-state index in [0.717, 1.165) is 5.69 Å². The van der Waals surface area contributed by atoms with E-state index in [1.165, 1.54) is 0 Å². The molecule has 0 atom stereocenters. The second kappa shape index (κ2) is 5.51. The highest BCUT2D eigenvalue weighted by molar-refractivity contribution is 6.03. The number of nitrogens with one attached hydrogen (secondary N) is 3. The summed E-state index contributed by atoms with van der Waals surface area (Å²) in [6, 6.07) is 3.51. The van der Waals surface area contributed by atoms with Gasteiger partial charge in [-0.3, -0.25) is 10.1 Å². The molecule has 19 heavy (non-hydrogen) atoms. The van der Waals surface area contributed by atoms with Gasteiger partial charge in [0.15, 0.2) is 0 Å². The fourth-order valence-electron chi connectivity index (χ4n) is 1.62. The molecule has 6 nitrogen and oxygen atoms in total. The van der Waals surface area contributed by atoms with E-state index in [1.54, 1.807) is 31.6 Å². The van der Waals surface area contributed by atoms with Crippen molar-refractivity contribution < 1.29 is 4.79 Å². The van der Waals surface area contributed by atoms with Crippen LogP contribution in [0.1, 0.15) is 35.8 Å². The van der Waals surface area contributed by atoms with E-state index >= 15 is 0 Å². The first-order valence-corrected chi connectivity index (χ1v) is 6.10. The van der Waals surface area contributed by atoms with E-state index in [2.05, 4.69) is 25.6 Å². The molecular formula is C13H17N5O. The molecule has 0 unspecified atom stereocenters. The molecule has 0 aliphatic rings. The number of carbonyl (C=O) groups excluding carboxylic acids is 1. The molecule has 2 aromatic rings. The molecule has 0 aliphatic heterocycles. The van der Waals surface area contributed by atoms with Crippen LogP contribution in [0.25, 0.3) is 0 Å². The van der Waals surface area contributed by atoms with Gasteiger partial charge in [-0.15, -0.1) is 0 Å². The molecular weight excluding hydrogens is 242 g/mol. The fraction of sp³-hybridized carbons (Fsp3) is 0.308. The van der Waals surface area contributed by atoms with E-state index in [4.69, 9.17) is 0 Å². The van der Waals surface area contributed by atoms with Crippen molar-refractivity contribution in [3.05, 3.63) is 35.8 Å². The van der Waals surface area contributed by atoms with Gasteiger partial charge in [0.05, 0.1) is 0 Å². The number of carbonyl (C=O) groups is 1. The number of amides is 1. The zero-order chi connectivity index (χ0) is 13.8. The predicted octanol–water partition coefficient (Wildman–Crippen LogP) is 2.22. The predicted molar refractivity (Wildman–Crippen MR) is 74.4 cm³/mol. The molecule has 0 spiro atoms. The number of anilines is 2. The molecule has 0 bridgehead atoms. The zero-order valence-corrected chi connectivity index (χ0v) is 11.2. The lowest BCUT2D eigenvalue weighted by molar-refractivity contribution is 0.102. The van der Waals surface area contributed by atoms with Crippen LogP contribution in [-0.2, 0) is 0 Å². The van der Waals surface area contributed by atoms with Gasteiger partial charge in [0, 0.05) is 30.7 Å². The number of hydrogen-bond acceptors (Lipinski definition) is 4. The molecule has 0 saturated carbocycles. The maximum Gasteiger partial charge on any atom is 0.258 e. The fourth-order valence-corrected chi connectivity index (χ4v) is 1.62. The molecule has 0 fully saturated rings. The Kier molecular flexibility index (Phi) is 3.79. The molecule has 2 aromatic heterocycles. The molecule has 0 aliphatic carbocycles. The van der Waals surface area contributed by atoms with Gasteiger partial charge in [0.1, 0.15) is 5.82 Å². The van der Waals surface area contributed by atoms with Crippen LogP contribution in [0.4, 0.5) is 11.8 Å². The maximum absolute atomic E-state index is 12.1. The first-order valence-electron chi connectivity index (χ1n) is 6.10. The SMILES string of the molecule is CNc1cc(C(=O)Nc2ncc[nH]2)cc(C(C)C)n1. The number of nitrogens with zero attached hydrogens (tertiary/aromatic N) is 2. The Labute approximate surface area is 111 Å². The number of pyridine rings is 1. The van der Waals surface area contributed by atoms with Gasteiger partial charge >= 0.3 is 0 Å². The normalized spacial score (nSPS) is 10.5. The highest BCUT2D eigenvalue weighted by Crippen LogP contribution is 2.18. The number of hydrogen-bond donors (Lipinski definition) is 3. The smallest absolute Gasteiger partial charge is 0.258 e. The Morgan fingerprint density at radius 1 is 1.37 bits per heavy atom. The van der Waals surface area contributed by atoms with Crippen LogP contribution < -0.4 is 10.6 Å². The largest absolute Gasteiger partial charge is 0.373 e. The van der Waals surface area contributed by atoms with E-state index in [9.17, 15) is 4.79 Å². The third-order valence-corrected chi connectivity index (χ3v) is 2.69. The van der Waals surface area contributed by atoms with Crippen molar-refractivity contribution in [2.24, 2.45) is 0 Å². The van der Waals surface area contributed by atoms with Gasteiger partial charge < -0.3 is 10.3 Å². The summed E-state index contributed by atoms with van der Waals surface area (Å²) < 4.78 is 0. The van der Waals surface area contributed by atoms with E-state index in [1.807, 2.05) is 13.8 Å². The Bertz CT molecular complexity index is 562. The molecule has 0 radical (unpaired) electrons. The summed E-state index contributed by atoms with van der Waals surface area (Å²) in [5, 5.41) is 5.66. The van der Waals surface area contributed by atoms with Crippen LogP contribution in [0.2, 0.25) is 0 Å². The van der Waals surface area contributed by atoms with Crippen LogP contribution in [0.5, 0.6) is 0 Å². The van der Waals surface area contributed by atoms with Crippen molar-refractivity contribution in [2.75, 3.05) is 17.7 Å². The first-order chi connectivity index (χ1) is 9.10. The van der Waals surface area contributed by atoms with Gasteiger partial charge in [-0.2, -0.15) is 0 Å². The van der Waals surface area contributed by atoms with Crippen LogP contribution in [0, 0.1) is 0 Å². The van der Waals surface area contributed by atoms with Crippen molar-refractivity contribution >= 4 is 17.7 Å². The average molecular weight is 259 g/mol. The number of aromatic nitrogens is 3. The van der Waals surface area contributed by atoms with Gasteiger partial charge in [-0.05, 0) is 18.1 Å². The lowest BCUT2D eigenvalue weighted by Gasteiger charge is -2.10. The highest BCUT2D eigenvalue weighted by Gasteiger charge is 2.12. The van der Waals surface area contributed by atoms with Gasteiger partial charge in [0.25, 0.3) is 5.91 Å². The third kappa shape index (κ3) is 3.09. The summed E-state index contributed by atoms with van der Waals surface area (Å²) in [7, 11) is 1.78. The van der Waals surface area contributed by atoms with Crippen LogP contribution in [-0.4, -0.2) is 27.9 Å². The summed E-state index contributed by atoms with van der Waals surface area (Å²) in [5.74, 6) is 1.15. The van der Waals surface area contributed by atoms with Crippen molar-refractivity contribution in [3.8, 4) is 0 Å². The summed E-state index contributed by atoms with van der Waals surface area (Å²) in [6.45, 7) is 4.08.